The number of anilines is 1. The van der Waals surface area contributed by atoms with Crippen molar-refractivity contribution in [3.05, 3.63) is 47.9 Å². The highest BCUT2D eigenvalue weighted by molar-refractivity contribution is 5.65. The van der Waals surface area contributed by atoms with Crippen LogP contribution in [0.15, 0.2) is 36.5 Å². The maximum atomic E-state index is 13.5. The molecule has 0 amide bonds. The number of benzene rings is 1. The Kier molecular flexibility index (Phi) is 2.37. The lowest BCUT2D eigenvalue weighted by atomic mass is 10.1. The summed E-state index contributed by atoms with van der Waals surface area (Å²) in [6.45, 7) is 1.87. The molecule has 2 aromatic rings. The van der Waals surface area contributed by atoms with E-state index < -0.39 is 0 Å². The number of aryl methyl sites for hydroxylation is 1. The van der Waals surface area contributed by atoms with Gasteiger partial charge in [-0.2, -0.15) is 0 Å². The van der Waals surface area contributed by atoms with Crippen molar-refractivity contribution in [3.8, 4) is 11.3 Å². The summed E-state index contributed by atoms with van der Waals surface area (Å²) in [5.41, 5.74) is 8.20. The van der Waals surface area contributed by atoms with Gasteiger partial charge in [0.05, 0.1) is 17.6 Å². The van der Waals surface area contributed by atoms with E-state index in [4.69, 9.17) is 5.73 Å². The summed E-state index contributed by atoms with van der Waals surface area (Å²) in [7, 11) is 0. The lowest BCUT2D eigenvalue weighted by molar-refractivity contribution is 0.630. The summed E-state index contributed by atoms with van der Waals surface area (Å²) in [5.74, 6) is -0.266. The first-order chi connectivity index (χ1) is 7.18. The molecule has 0 aliphatic heterocycles. The van der Waals surface area contributed by atoms with Crippen LogP contribution >= 0.6 is 0 Å². The average Bonchev–Trinajstić information content (AvgIpc) is 2.20. The predicted octanol–water partition coefficient (Wildman–Crippen LogP) is 2.78. The molecule has 2 rings (SSSR count). The number of hydrogen-bond acceptors (Lipinski definition) is 2. The Bertz CT molecular complexity index is 495. The maximum Gasteiger partial charge on any atom is 0.132 e. The van der Waals surface area contributed by atoms with E-state index >= 15 is 0 Å². The van der Waals surface area contributed by atoms with Crippen LogP contribution in [0.5, 0.6) is 0 Å². The molecule has 0 aliphatic carbocycles. The van der Waals surface area contributed by atoms with Gasteiger partial charge in [-0.15, -0.1) is 0 Å². The molecule has 2 N–H and O–H groups in total. The van der Waals surface area contributed by atoms with E-state index in [-0.39, 0.29) is 5.82 Å². The number of pyridine rings is 1. The van der Waals surface area contributed by atoms with E-state index in [1.54, 1.807) is 24.3 Å². The number of aromatic nitrogens is 1. The summed E-state index contributed by atoms with van der Waals surface area (Å²) in [4.78, 5) is 4.14. The molecule has 0 spiro atoms. The van der Waals surface area contributed by atoms with Crippen molar-refractivity contribution in [2.24, 2.45) is 0 Å². The molecule has 0 saturated carbocycles. The topological polar surface area (TPSA) is 38.9 Å². The van der Waals surface area contributed by atoms with Gasteiger partial charge in [0.25, 0.3) is 0 Å². The second-order valence-corrected chi connectivity index (χ2v) is 3.41. The van der Waals surface area contributed by atoms with Gasteiger partial charge in [-0.05, 0) is 30.7 Å². The largest absolute Gasteiger partial charge is 0.397 e. The number of hydrogen-bond donors (Lipinski definition) is 1. The first-order valence-electron chi connectivity index (χ1n) is 4.65. The zero-order valence-corrected chi connectivity index (χ0v) is 8.37. The van der Waals surface area contributed by atoms with Gasteiger partial charge in [-0.3, -0.25) is 4.98 Å². The Labute approximate surface area is 87.6 Å². The minimum Gasteiger partial charge on any atom is -0.397 e. The fourth-order valence-electron chi connectivity index (χ4n) is 1.53. The van der Waals surface area contributed by atoms with Crippen LogP contribution in [0.4, 0.5) is 10.1 Å². The van der Waals surface area contributed by atoms with Gasteiger partial charge in [0.15, 0.2) is 0 Å². The van der Waals surface area contributed by atoms with E-state index in [0.29, 0.717) is 16.9 Å². The van der Waals surface area contributed by atoms with Gasteiger partial charge in [-0.25, -0.2) is 4.39 Å². The predicted molar refractivity (Wildman–Crippen MR) is 58.8 cm³/mol. The van der Waals surface area contributed by atoms with Crippen LogP contribution in [-0.4, -0.2) is 4.98 Å². The molecule has 76 valence electrons. The highest BCUT2D eigenvalue weighted by Crippen LogP contribution is 2.24. The molecular formula is C12H11FN2. The zero-order valence-electron chi connectivity index (χ0n) is 8.37. The highest BCUT2D eigenvalue weighted by atomic mass is 19.1. The second-order valence-electron chi connectivity index (χ2n) is 3.41. The summed E-state index contributed by atoms with van der Waals surface area (Å²) in [5, 5.41) is 0. The third-order valence-electron chi connectivity index (χ3n) is 2.23. The van der Waals surface area contributed by atoms with E-state index in [0.717, 1.165) is 5.56 Å². The zero-order chi connectivity index (χ0) is 10.8. The van der Waals surface area contributed by atoms with Gasteiger partial charge in [0.1, 0.15) is 5.82 Å². The van der Waals surface area contributed by atoms with Crippen LogP contribution in [0.2, 0.25) is 0 Å². The SMILES string of the molecule is Cc1cc(N)cnc1-c1ccccc1F. The van der Waals surface area contributed by atoms with Crippen LogP contribution in [0.25, 0.3) is 11.3 Å². The lowest BCUT2D eigenvalue weighted by Gasteiger charge is -2.06. The Morgan fingerprint density at radius 2 is 2.00 bits per heavy atom. The molecule has 0 unspecified atom stereocenters. The van der Waals surface area contributed by atoms with Crippen molar-refractivity contribution in [1.82, 2.24) is 4.98 Å². The smallest absolute Gasteiger partial charge is 0.132 e. The summed E-state index contributed by atoms with van der Waals surface area (Å²) >= 11 is 0. The van der Waals surface area contributed by atoms with E-state index in [1.807, 2.05) is 6.92 Å². The number of nitrogens with two attached hydrogens (primary N) is 1. The Morgan fingerprint density at radius 3 is 2.67 bits per heavy atom. The van der Waals surface area contributed by atoms with E-state index in [1.165, 1.54) is 12.3 Å². The van der Waals surface area contributed by atoms with Gasteiger partial charge in [0.2, 0.25) is 0 Å². The van der Waals surface area contributed by atoms with Crippen LogP contribution < -0.4 is 5.73 Å². The van der Waals surface area contributed by atoms with Crippen LogP contribution in [0, 0.1) is 12.7 Å². The quantitative estimate of drug-likeness (QED) is 0.772. The normalized spacial score (nSPS) is 10.3. The number of nitrogen functional groups attached to an aromatic ring is 1. The molecule has 3 heteroatoms. The van der Waals surface area contributed by atoms with E-state index in [9.17, 15) is 4.39 Å². The molecule has 0 atom stereocenters. The molecule has 1 aromatic carbocycles. The lowest BCUT2D eigenvalue weighted by Crippen LogP contribution is -1.94. The third-order valence-corrected chi connectivity index (χ3v) is 2.23. The molecule has 1 aromatic heterocycles. The fraction of sp³-hybridized carbons (Fsp3) is 0.0833. The third kappa shape index (κ3) is 1.81. The Balaban J connectivity index is 2.60. The van der Waals surface area contributed by atoms with Crippen molar-refractivity contribution < 1.29 is 4.39 Å². The summed E-state index contributed by atoms with van der Waals surface area (Å²) in [6, 6.07) is 8.36. The fourth-order valence-corrected chi connectivity index (χ4v) is 1.53. The number of rotatable bonds is 1. The number of nitrogens with zero attached hydrogens (tertiary/aromatic N) is 1. The monoisotopic (exact) mass is 202 g/mol. The van der Waals surface area contributed by atoms with Crippen LogP contribution in [0.1, 0.15) is 5.56 Å². The van der Waals surface area contributed by atoms with E-state index in [2.05, 4.69) is 4.98 Å². The molecule has 0 saturated heterocycles. The number of halogens is 1. The molecule has 0 aliphatic rings. The average molecular weight is 202 g/mol. The van der Waals surface area contributed by atoms with Gasteiger partial charge in [-0.1, -0.05) is 12.1 Å². The summed E-state index contributed by atoms with van der Waals surface area (Å²) < 4.78 is 13.5. The molecule has 0 bridgehead atoms. The van der Waals surface area contributed by atoms with Gasteiger partial charge >= 0.3 is 0 Å². The molecule has 0 radical (unpaired) electrons. The Hall–Kier alpha value is -1.90. The van der Waals surface area contributed by atoms with Crippen molar-refractivity contribution in [3.63, 3.8) is 0 Å². The maximum absolute atomic E-state index is 13.5. The first kappa shape index (κ1) is 9.65. The van der Waals surface area contributed by atoms with Crippen LogP contribution in [0.3, 0.4) is 0 Å². The molecule has 0 fully saturated rings. The van der Waals surface area contributed by atoms with Gasteiger partial charge < -0.3 is 5.73 Å². The molecule has 15 heavy (non-hydrogen) atoms. The standard InChI is InChI=1S/C12H11FN2/c1-8-6-9(14)7-15-12(8)10-4-2-3-5-11(10)13/h2-7H,14H2,1H3. The van der Waals surface area contributed by atoms with Crippen molar-refractivity contribution in [1.29, 1.82) is 0 Å². The van der Waals surface area contributed by atoms with Crippen molar-refractivity contribution in [2.45, 2.75) is 6.92 Å². The molecular weight excluding hydrogens is 191 g/mol. The van der Waals surface area contributed by atoms with Crippen molar-refractivity contribution >= 4 is 5.69 Å². The minimum absolute atomic E-state index is 0.266. The minimum atomic E-state index is -0.266. The first-order valence-corrected chi connectivity index (χ1v) is 4.65. The van der Waals surface area contributed by atoms with Gasteiger partial charge in [0, 0.05) is 5.56 Å². The highest BCUT2D eigenvalue weighted by Gasteiger charge is 2.07. The van der Waals surface area contributed by atoms with Crippen molar-refractivity contribution in [2.75, 3.05) is 5.73 Å². The molecule has 1 heterocycles. The second kappa shape index (κ2) is 3.69. The summed E-state index contributed by atoms with van der Waals surface area (Å²) in [6.07, 6.45) is 1.54. The van der Waals surface area contributed by atoms with Crippen LogP contribution in [-0.2, 0) is 0 Å². The Morgan fingerprint density at radius 1 is 1.27 bits per heavy atom. The molecule has 2 nitrogen and oxygen atoms in total.